The summed E-state index contributed by atoms with van der Waals surface area (Å²) in [6.07, 6.45) is 0. The SMILES string of the molecule is CNC(=S)Nc1scc2c(-c3nnc(NC)s3)nn(-c3ccc([N+](=O)[O-])cc3)c(=O)c12. The van der Waals surface area contributed by atoms with Crippen molar-refractivity contribution in [3.05, 3.63) is 50.1 Å². The normalized spacial score (nSPS) is 10.8. The number of thiophene rings is 1. The van der Waals surface area contributed by atoms with E-state index in [2.05, 4.69) is 31.2 Å². The molecule has 4 rings (SSSR count). The molecule has 0 amide bonds. The van der Waals surface area contributed by atoms with E-state index in [-0.39, 0.29) is 5.69 Å². The zero-order valence-corrected chi connectivity index (χ0v) is 18.5. The maximum absolute atomic E-state index is 13.4. The Kier molecular flexibility index (Phi) is 5.58. The number of nitrogens with one attached hydrogen (secondary N) is 3. The van der Waals surface area contributed by atoms with Gasteiger partial charge < -0.3 is 16.0 Å². The Morgan fingerprint density at radius 1 is 1.23 bits per heavy atom. The van der Waals surface area contributed by atoms with Crippen LogP contribution in [-0.2, 0) is 0 Å². The summed E-state index contributed by atoms with van der Waals surface area (Å²) in [4.78, 5) is 23.8. The van der Waals surface area contributed by atoms with Gasteiger partial charge in [-0.25, -0.2) is 0 Å². The molecule has 0 fully saturated rings. The van der Waals surface area contributed by atoms with Gasteiger partial charge in [-0.15, -0.1) is 21.5 Å². The number of hydrogen-bond acceptors (Lipinski definition) is 10. The van der Waals surface area contributed by atoms with Crippen molar-refractivity contribution >= 4 is 66.6 Å². The lowest BCUT2D eigenvalue weighted by Crippen LogP contribution is -2.26. The first kappa shape index (κ1) is 20.8. The van der Waals surface area contributed by atoms with E-state index in [1.807, 2.05) is 0 Å². The molecule has 0 saturated heterocycles. The van der Waals surface area contributed by atoms with Crippen LogP contribution in [0.3, 0.4) is 0 Å². The van der Waals surface area contributed by atoms with Gasteiger partial charge in [0.15, 0.2) is 10.1 Å². The van der Waals surface area contributed by atoms with E-state index >= 15 is 0 Å². The highest BCUT2D eigenvalue weighted by atomic mass is 32.1. The maximum Gasteiger partial charge on any atom is 0.282 e. The Morgan fingerprint density at radius 3 is 2.58 bits per heavy atom. The minimum Gasteiger partial charge on any atom is -0.366 e. The minimum absolute atomic E-state index is 0.0851. The van der Waals surface area contributed by atoms with Gasteiger partial charge in [-0.2, -0.15) is 9.78 Å². The second kappa shape index (κ2) is 8.33. The predicted molar refractivity (Wildman–Crippen MR) is 126 cm³/mol. The summed E-state index contributed by atoms with van der Waals surface area (Å²) in [6.45, 7) is 0. The fourth-order valence-electron chi connectivity index (χ4n) is 2.78. The number of thiocarbonyl (C=S) groups is 1. The van der Waals surface area contributed by atoms with Crippen LogP contribution in [0.5, 0.6) is 0 Å². The van der Waals surface area contributed by atoms with Crippen molar-refractivity contribution in [1.82, 2.24) is 25.3 Å². The zero-order chi connectivity index (χ0) is 22.1. The molecule has 158 valence electrons. The highest BCUT2D eigenvalue weighted by Crippen LogP contribution is 2.36. The summed E-state index contributed by atoms with van der Waals surface area (Å²) in [7, 11) is 3.41. The van der Waals surface area contributed by atoms with Crippen LogP contribution in [-0.4, -0.2) is 44.1 Å². The van der Waals surface area contributed by atoms with Crippen LogP contribution in [0.4, 0.5) is 15.8 Å². The number of non-ortho nitro benzene ring substituents is 1. The van der Waals surface area contributed by atoms with Crippen LogP contribution in [0.25, 0.3) is 27.2 Å². The van der Waals surface area contributed by atoms with E-state index in [0.29, 0.717) is 42.4 Å². The molecule has 0 aliphatic rings. The Morgan fingerprint density at radius 2 is 1.97 bits per heavy atom. The summed E-state index contributed by atoms with van der Waals surface area (Å²) in [5, 5.41) is 37.3. The number of nitrogens with zero attached hydrogens (tertiary/aromatic N) is 5. The van der Waals surface area contributed by atoms with Gasteiger partial charge in [0.05, 0.1) is 16.0 Å². The van der Waals surface area contributed by atoms with Gasteiger partial charge in [0.1, 0.15) is 10.7 Å². The molecular weight excluding hydrogens is 460 g/mol. The number of nitro groups is 1. The lowest BCUT2D eigenvalue weighted by atomic mass is 10.2. The summed E-state index contributed by atoms with van der Waals surface area (Å²) in [6, 6.07) is 5.58. The fraction of sp³-hybridized carbons (Fsp3) is 0.118. The van der Waals surface area contributed by atoms with E-state index in [0.717, 1.165) is 0 Å². The Hall–Kier alpha value is -3.49. The summed E-state index contributed by atoms with van der Waals surface area (Å²) < 4.78 is 1.20. The molecule has 0 spiro atoms. The lowest BCUT2D eigenvalue weighted by Gasteiger charge is -2.09. The van der Waals surface area contributed by atoms with Gasteiger partial charge in [0.25, 0.3) is 11.2 Å². The molecule has 0 saturated carbocycles. The maximum atomic E-state index is 13.4. The van der Waals surface area contributed by atoms with Crippen molar-refractivity contribution in [2.24, 2.45) is 0 Å². The van der Waals surface area contributed by atoms with E-state index < -0.39 is 10.5 Å². The van der Waals surface area contributed by atoms with Crippen LogP contribution in [0, 0.1) is 10.1 Å². The second-order valence-electron chi connectivity index (χ2n) is 6.06. The highest BCUT2D eigenvalue weighted by Gasteiger charge is 2.21. The number of rotatable bonds is 5. The molecule has 11 nitrogen and oxygen atoms in total. The number of anilines is 2. The molecule has 4 aromatic rings. The second-order valence-corrected chi connectivity index (χ2v) is 8.32. The van der Waals surface area contributed by atoms with Gasteiger partial charge in [-0.1, -0.05) is 11.3 Å². The lowest BCUT2D eigenvalue weighted by molar-refractivity contribution is -0.384. The quantitative estimate of drug-likeness (QED) is 0.225. The van der Waals surface area contributed by atoms with E-state index in [9.17, 15) is 14.9 Å². The third kappa shape index (κ3) is 3.83. The van der Waals surface area contributed by atoms with Crippen LogP contribution in [0.2, 0.25) is 0 Å². The van der Waals surface area contributed by atoms with Gasteiger partial charge >= 0.3 is 0 Å². The van der Waals surface area contributed by atoms with Crippen molar-refractivity contribution in [1.29, 1.82) is 0 Å². The van der Waals surface area contributed by atoms with Crippen molar-refractivity contribution in [2.45, 2.75) is 0 Å². The van der Waals surface area contributed by atoms with Crippen LogP contribution < -0.4 is 21.5 Å². The first-order valence-electron chi connectivity index (χ1n) is 8.72. The number of aromatic nitrogens is 4. The highest BCUT2D eigenvalue weighted by molar-refractivity contribution is 7.80. The monoisotopic (exact) mass is 474 g/mol. The fourth-order valence-corrected chi connectivity index (χ4v) is 4.58. The summed E-state index contributed by atoms with van der Waals surface area (Å²) in [5.74, 6) is 0. The Bertz CT molecular complexity index is 1360. The van der Waals surface area contributed by atoms with Gasteiger partial charge in [-0.05, 0) is 24.4 Å². The van der Waals surface area contributed by atoms with Crippen molar-refractivity contribution in [2.75, 3.05) is 24.7 Å². The first-order valence-corrected chi connectivity index (χ1v) is 10.8. The Balaban J connectivity index is 1.97. The molecule has 0 radical (unpaired) electrons. The van der Waals surface area contributed by atoms with Crippen LogP contribution in [0.1, 0.15) is 0 Å². The molecule has 3 aromatic heterocycles. The molecule has 14 heteroatoms. The topological polar surface area (TPSA) is 140 Å². The molecule has 3 heterocycles. The summed E-state index contributed by atoms with van der Waals surface area (Å²) in [5.41, 5.74) is 0.365. The van der Waals surface area contributed by atoms with Crippen LogP contribution in [0.15, 0.2) is 34.4 Å². The van der Waals surface area contributed by atoms with Crippen molar-refractivity contribution in [3.63, 3.8) is 0 Å². The molecule has 0 aliphatic carbocycles. The largest absolute Gasteiger partial charge is 0.366 e. The standard InChI is InChI=1S/C17H14N8O3S3/c1-18-16(29)20-13-11-10(7-30-13)12(14-21-22-17(19-2)31-14)23-24(15(11)26)8-3-5-9(6-4-8)25(27)28/h3-7H,1-2H3,(H,19,22)(H2,18,20,29). The molecular formula is C17H14N8O3S3. The molecule has 1 aromatic carbocycles. The van der Waals surface area contributed by atoms with E-state index in [1.165, 1.54) is 51.6 Å². The van der Waals surface area contributed by atoms with Crippen LogP contribution >= 0.6 is 34.9 Å². The average molecular weight is 475 g/mol. The molecule has 3 N–H and O–H groups in total. The molecule has 0 atom stereocenters. The van der Waals surface area contributed by atoms with Gasteiger partial charge in [0, 0.05) is 37.0 Å². The zero-order valence-electron chi connectivity index (χ0n) is 16.1. The number of fused-ring (bicyclic) bond motifs is 1. The Labute approximate surface area is 187 Å². The van der Waals surface area contributed by atoms with Gasteiger partial charge in [-0.3, -0.25) is 14.9 Å². The predicted octanol–water partition coefficient (Wildman–Crippen LogP) is 2.83. The number of benzene rings is 1. The third-order valence-electron chi connectivity index (χ3n) is 4.25. The third-order valence-corrected chi connectivity index (χ3v) is 6.40. The molecule has 0 aliphatic heterocycles. The first-order chi connectivity index (χ1) is 14.9. The number of nitro benzene ring substituents is 1. The molecule has 31 heavy (non-hydrogen) atoms. The smallest absolute Gasteiger partial charge is 0.282 e. The van der Waals surface area contributed by atoms with Gasteiger partial charge in [0.2, 0.25) is 5.13 Å². The van der Waals surface area contributed by atoms with Crippen molar-refractivity contribution < 1.29 is 4.92 Å². The minimum atomic E-state index is -0.505. The summed E-state index contributed by atoms with van der Waals surface area (Å²) >= 11 is 7.79. The van der Waals surface area contributed by atoms with Crippen molar-refractivity contribution in [3.8, 4) is 16.4 Å². The molecule has 0 bridgehead atoms. The van der Waals surface area contributed by atoms with E-state index in [4.69, 9.17) is 12.2 Å². The number of hydrogen-bond donors (Lipinski definition) is 3. The average Bonchev–Trinajstić information content (AvgIpc) is 3.42. The molecule has 0 unspecified atom stereocenters. The van der Waals surface area contributed by atoms with E-state index in [1.54, 1.807) is 19.5 Å².